The van der Waals surface area contributed by atoms with Crippen molar-refractivity contribution in [3.63, 3.8) is 0 Å². The lowest BCUT2D eigenvalue weighted by atomic mass is 9.84. The van der Waals surface area contributed by atoms with Crippen molar-refractivity contribution in [3.8, 4) is 23.1 Å². The SMILES string of the molecule is Cc1nc(-c2cnc3[nH]cc(C(=O)NC(C(=O)N4CC(C#N)C4)C(C)(C)C)c3n2)cn1-c1cccc(F)c1. The third-order valence-corrected chi connectivity index (χ3v) is 6.62. The second kappa shape index (κ2) is 9.37. The summed E-state index contributed by atoms with van der Waals surface area (Å²) in [6, 6.07) is 7.55. The molecular weight excluding hydrogens is 487 g/mol. The van der Waals surface area contributed by atoms with Gasteiger partial charge in [-0.25, -0.2) is 19.3 Å². The van der Waals surface area contributed by atoms with Gasteiger partial charge in [-0.2, -0.15) is 5.26 Å². The summed E-state index contributed by atoms with van der Waals surface area (Å²) in [5, 5.41) is 11.9. The van der Waals surface area contributed by atoms with Crippen LogP contribution in [0.4, 0.5) is 4.39 Å². The number of fused-ring (bicyclic) bond motifs is 1. The Morgan fingerprint density at radius 3 is 2.68 bits per heavy atom. The van der Waals surface area contributed by atoms with Crippen LogP contribution in [-0.4, -0.2) is 60.3 Å². The normalized spacial score (nSPS) is 14.7. The van der Waals surface area contributed by atoms with Gasteiger partial charge in [0, 0.05) is 31.2 Å². The average molecular weight is 515 g/mol. The summed E-state index contributed by atoms with van der Waals surface area (Å²) in [5.74, 6) is -0.578. The Bertz CT molecular complexity index is 1590. The molecule has 4 aromatic rings. The minimum atomic E-state index is -0.791. The van der Waals surface area contributed by atoms with Gasteiger partial charge < -0.3 is 19.8 Å². The Balaban J connectivity index is 1.43. The molecule has 38 heavy (non-hydrogen) atoms. The Hall–Kier alpha value is -4.59. The summed E-state index contributed by atoms with van der Waals surface area (Å²) >= 11 is 0. The van der Waals surface area contributed by atoms with Crippen LogP contribution in [-0.2, 0) is 4.79 Å². The molecule has 2 N–H and O–H groups in total. The first-order valence-electron chi connectivity index (χ1n) is 12.2. The summed E-state index contributed by atoms with van der Waals surface area (Å²) < 4.78 is 15.5. The third-order valence-electron chi connectivity index (χ3n) is 6.62. The largest absolute Gasteiger partial charge is 0.344 e. The smallest absolute Gasteiger partial charge is 0.255 e. The summed E-state index contributed by atoms with van der Waals surface area (Å²) in [4.78, 5) is 44.7. The highest BCUT2D eigenvalue weighted by atomic mass is 19.1. The molecule has 5 rings (SSSR count). The summed E-state index contributed by atoms with van der Waals surface area (Å²) in [6.45, 7) is 8.16. The average Bonchev–Trinajstić information content (AvgIpc) is 3.44. The number of benzene rings is 1. The van der Waals surface area contributed by atoms with Gasteiger partial charge in [-0.1, -0.05) is 26.8 Å². The third kappa shape index (κ3) is 4.61. The number of H-pyrrole nitrogens is 1. The van der Waals surface area contributed by atoms with E-state index in [-0.39, 0.29) is 23.2 Å². The Morgan fingerprint density at radius 2 is 2.00 bits per heavy atom. The van der Waals surface area contributed by atoms with Gasteiger partial charge in [0.25, 0.3) is 5.91 Å². The monoisotopic (exact) mass is 514 g/mol. The first-order valence-corrected chi connectivity index (χ1v) is 12.2. The lowest BCUT2D eigenvalue weighted by Crippen LogP contribution is -2.60. The topological polar surface area (TPSA) is 133 Å². The van der Waals surface area contributed by atoms with Crippen LogP contribution in [0.25, 0.3) is 28.2 Å². The van der Waals surface area contributed by atoms with Crippen LogP contribution in [0.1, 0.15) is 37.0 Å². The number of carbonyl (C=O) groups excluding carboxylic acids is 2. The van der Waals surface area contributed by atoms with E-state index in [0.717, 1.165) is 0 Å². The number of hydrogen-bond acceptors (Lipinski definition) is 6. The highest BCUT2D eigenvalue weighted by Gasteiger charge is 2.40. The molecule has 1 fully saturated rings. The van der Waals surface area contributed by atoms with E-state index in [9.17, 15) is 14.0 Å². The van der Waals surface area contributed by atoms with Gasteiger partial charge >= 0.3 is 0 Å². The van der Waals surface area contributed by atoms with Gasteiger partial charge in [-0.05, 0) is 30.5 Å². The Morgan fingerprint density at radius 1 is 1.24 bits per heavy atom. The van der Waals surface area contributed by atoms with E-state index in [1.54, 1.807) is 40.9 Å². The molecule has 1 aromatic carbocycles. The fraction of sp³-hybridized carbons (Fsp3) is 0.333. The number of nitriles is 1. The summed E-state index contributed by atoms with van der Waals surface area (Å²) in [5.41, 5.74) is 2.02. The number of imidazole rings is 1. The number of likely N-dealkylation sites (tertiary alicyclic amines) is 1. The number of nitrogens with one attached hydrogen (secondary N) is 2. The molecule has 1 aliphatic heterocycles. The molecule has 0 aliphatic carbocycles. The number of nitrogens with zero attached hydrogens (tertiary/aromatic N) is 6. The molecule has 0 saturated carbocycles. The minimum Gasteiger partial charge on any atom is -0.344 e. The van der Waals surface area contributed by atoms with Crippen LogP contribution in [0, 0.1) is 35.4 Å². The molecule has 0 spiro atoms. The second-order valence-electron chi connectivity index (χ2n) is 10.5. The van der Waals surface area contributed by atoms with Gasteiger partial charge in [0.15, 0.2) is 5.65 Å². The number of rotatable bonds is 5. The Kier molecular flexibility index (Phi) is 6.18. The fourth-order valence-electron chi connectivity index (χ4n) is 4.45. The highest BCUT2D eigenvalue weighted by molar-refractivity contribution is 6.06. The zero-order chi connectivity index (χ0) is 27.2. The number of amides is 2. The van der Waals surface area contributed by atoms with Crippen LogP contribution < -0.4 is 5.32 Å². The standard InChI is InChI=1S/C27H27FN8O2/c1-15-32-21(14-36(15)18-7-5-6-17(28)8-18)20-11-31-24-22(33-20)19(10-30-24)25(37)34-23(27(2,3)4)26(38)35-12-16(9-29)13-35/h5-8,10-11,14,16,23H,12-13H2,1-4H3,(H,30,31)(H,34,37). The van der Waals surface area contributed by atoms with E-state index in [4.69, 9.17) is 5.26 Å². The predicted molar refractivity (Wildman–Crippen MR) is 138 cm³/mol. The van der Waals surface area contributed by atoms with Crippen molar-refractivity contribution in [3.05, 3.63) is 60.1 Å². The molecule has 1 unspecified atom stereocenters. The maximum absolute atomic E-state index is 13.8. The molecule has 194 valence electrons. The van der Waals surface area contributed by atoms with Crippen LogP contribution in [0.2, 0.25) is 0 Å². The number of aromatic nitrogens is 5. The number of carbonyl (C=O) groups is 2. The predicted octanol–water partition coefficient (Wildman–Crippen LogP) is 3.38. The zero-order valence-corrected chi connectivity index (χ0v) is 21.5. The molecule has 1 atom stereocenters. The van der Waals surface area contributed by atoms with Crippen molar-refractivity contribution < 1.29 is 14.0 Å². The fourth-order valence-corrected chi connectivity index (χ4v) is 4.45. The van der Waals surface area contributed by atoms with Gasteiger partial charge in [-0.3, -0.25) is 9.59 Å². The molecule has 1 saturated heterocycles. The summed E-state index contributed by atoms with van der Waals surface area (Å²) in [7, 11) is 0. The van der Waals surface area contributed by atoms with Crippen LogP contribution in [0.3, 0.4) is 0 Å². The number of aromatic amines is 1. The molecule has 3 aromatic heterocycles. The van der Waals surface area contributed by atoms with Crippen LogP contribution in [0.15, 0.2) is 42.9 Å². The highest BCUT2D eigenvalue weighted by Crippen LogP contribution is 2.27. The molecule has 0 radical (unpaired) electrons. The molecule has 10 nitrogen and oxygen atoms in total. The van der Waals surface area contributed by atoms with Gasteiger partial charge in [0.05, 0.1) is 23.7 Å². The minimum absolute atomic E-state index is 0.175. The van der Waals surface area contributed by atoms with Crippen molar-refractivity contribution >= 4 is 23.0 Å². The van der Waals surface area contributed by atoms with Crippen molar-refractivity contribution in [2.45, 2.75) is 33.7 Å². The molecule has 1 aliphatic rings. The van der Waals surface area contributed by atoms with E-state index in [2.05, 4.69) is 31.3 Å². The number of hydrogen-bond donors (Lipinski definition) is 2. The molecule has 11 heteroatoms. The molecule has 0 bridgehead atoms. The lowest BCUT2D eigenvalue weighted by molar-refractivity contribution is -0.141. The van der Waals surface area contributed by atoms with Gasteiger partial charge in [-0.15, -0.1) is 0 Å². The molecule has 2 amide bonds. The molecular formula is C27H27FN8O2. The van der Waals surface area contributed by atoms with Gasteiger partial charge in [0.2, 0.25) is 5.91 Å². The van der Waals surface area contributed by atoms with E-state index in [1.165, 1.54) is 18.3 Å². The summed E-state index contributed by atoms with van der Waals surface area (Å²) in [6.07, 6.45) is 4.80. The lowest BCUT2D eigenvalue weighted by Gasteiger charge is -2.41. The van der Waals surface area contributed by atoms with E-state index in [0.29, 0.717) is 47.2 Å². The van der Waals surface area contributed by atoms with E-state index in [1.807, 2.05) is 20.8 Å². The first-order chi connectivity index (χ1) is 18.0. The zero-order valence-electron chi connectivity index (χ0n) is 21.5. The van der Waals surface area contributed by atoms with Crippen molar-refractivity contribution in [2.24, 2.45) is 11.3 Å². The van der Waals surface area contributed by atoms with Gasteiger partial charge in [0.1, 0.15) is 34.6 Å². The van der Waals surface area contributed by atoms with Crippen molar-refractivity contribution in [1.29, 1.82) is 5.26 Å². The Labute approximate surface area is 218 Å². The van der Waals surface area contributed by atoms with Crippen LogP contribution in [0.5, 0.6) is 0 Å². The number of aryl methyl sites for hydroxylation is 1. The van der Waals surface area contributed by atoms with Crippen LogP contribution >= 0.6 is 0 Å². The van der Waals surface area contributed by atoms with E-state index >= 15 is 0 Å². The molecule has 4 heterocycles. The van der Waals surface area contributed by atoms with Crippen molar-refractivity contribution in [2.75, 3.05) is 13.1 Å². The quantitative estimate of drug-likeness (QED) is 0.420. The first kappa shape index (κ1) is 25.1. The maximum Gasteiger partial charge on any atom is 0.255 e. The van der Waals surface area contributed by atoms with Crippen molar-refractivity contribution in [1.82, 2.24) is 34.7 Å². The van der Waals surface area contributed by atoms with E-state index < -0.39 is 17.4 Å². The number of halogens is 1. The maximum atomic E-state index is 13.8. The second-order valence-corrected chi connectivity index (χ2v) is 10.5.